The number of urea groups is 1. The van der Waals surface area contributed by atoms with Crippen molar-refractivity contribution in [3.8, 4) is 5.75 Å². The first kappa shape index (κ1) is 22.4. The monoisotopic (exact) mass is 460 g/mol. The summed E-state index contributed by atoms with van der Waals surface area (Å²) in [4.78, 5) is 26.1. The SMILES string of the molecule is NC(=O)Nc1cc(Cl)ccc1OCC(=O)NC1CC2CCC(C1)N2Cc1ccc(F)cc1. The molecule has 7 nitrogen and oxygen atoms in total. The number of hydrogen-bond donors (Lipinski definition) is 3. The molecular weight excluding hydrogens is 435 g/mol. The van der Waals surface area contributed by atoms with E-state index in [9.17, 15) is 14.0 Å². The number of carbonyl (C=O) groups excluding carboxylic acids is 2. The first-order valence-corrected chi connectivity index (χ1v) is 11.0. The van der Waals surface area contributed by atoms with E-state index < -0.39 is 6.03 Å². The van der Waals surface area contributed by atoms with E-state index in [0.29, 0.717) is 28.5 Å². The van der Waals surface area contributed by atoms with Crippen LogP contribution in [0.1, 0.15) is 31.2 Å². The number of rotatable bonds is 7. The van der Waals surface area contributed by atoms with Gasteiger partial charge in [0.25, 0.3) is 5.91 Å². The topological polar surface area (TPSA) is 96.7 Å². The summed E-state index contributed by atoms with van der Waals surface area (Å²) in [7, 11) is 0. The number of nitrogens with two attached hydrogens (primary N) is 1. The number of ether oxygens (including phenoxy) is 1. The van der Waals surface area contributed by atoms with Gasteiger partial charge in [0.15, 0.2) is 6.61 Å². The lowest BCUT2D eigenvalue weighted by Crippen LogP contribution is -2.50. The van der Waals surface area contributed by atoms with Crippen molar-refractivity contribution in [2.45, 2.75) is 50.4 Å². The Hall–Kier alpha value is -2.84. The van der Waals surface area contributed by atoms with Crippen molar-refractivity contribution < 1.29 is 18.7 Å². The molecule has 4 N–H and O–H groups in total. The van der Waals surface area contributed by atoms with Crippen molar-refractivity contribution in [3.63, 3.8) is 0 Å². The fourth-order valence-electron chi connectivity index (χ4n) is 4.72. The lowest BCUT2D eigenvalue weighted by molar-refractivity contribution is -0.124. The Morgan fingerprint density at radius 2 is 1.81 bits per heavy atom. The smallest absolute Gasteiger partial charge is 0.316 e. The maximum absolute atomic E-state index is 13.2. The Morgan fingerprint density at radius 1 is 1.12 bits per heavy atom. The van der Waals surface area contributed by atoms with Gasteiger partial charge in [0.1, 0.15) is 11.6 Å². The Labute approximate surface area is 191 Å². The van der Waals surface area contributed by atoms with Crippen LogP contribution in [0.2, 0.25) is 5.02 Å². The van der Waals surface area contributed by atoms with Crippen LogP contribution in [-0.4, -0.2) is 41.6 Å². The van der Waals surface area contributed by atoms with Gasteiger partial charge in [-0.15, -0.1) is 0 Å². The van der Waals surface area contributed by atoms with E-state index >= 15 is 0 Å². The Morgan fingerprint density at radius 3 is 2.47 bits per heavy atom. The second kappa shape index (κ2) is 9.75. The van der Waals surface area contributed by atoms with Gasteiger partial charge in [0.05, 0.1) is 5.69 Å². The molecule has 0 radical (unpaired) electrons. The molecule has 2 aliphatic rings. The van der Waals surface area contributed by atoms with Crippen molar-refractivity contribution in [2.24, 2.45) is 5.73 Å². The molecule has 2 aromatic rings. The summed E-state index contributed by atoms with van der Waals surface area (Å²) in [6.07, 6.45) is 3.95. The average Bonchev–Trinajstić information content (AvgIpc) is 2.96. The quantitative estimate of drug-likeness (QED) is 0.587. The summed E-state index contributed by atoms with van der Waals surface area (Å²) >= 11 is 5.95. The molecule has 2 aromatic carbocycles. The number of nitrogens with zero attached hydrogens (tertiary/aromatic N) is 1. The second-order valence-corrected chi connectivity index (χ2v) is 8.77. The predicted molar refractivity (Wildman–Crippen MR) is 120 cm³/mol. The summed E-state index contributed by atoms with van der Waals surface area (Å²) in [5.41, 5.74) is 6.58. The van der Waals surface area contributed by atoms with Crippen molar-refractivity contribution in [1.29, 1.82) is 0 Å². The minimum Gasteiger partial charge on any atom is -0.482 e. The molecule has 170 valence electrons. The average molecular weight is 461 g/mol. The molecule has 0 saturated carbocycles. The molecular formula is C23H26ClFN4O3. The van der Waals surface area contributed by atoms with Gasteiger partial charge in [-0.25, -0.2) is 9.18 Å². The number of fused-ring (bicyclic) bond motifs is 2. The van der Waals surface area contributed by atoms with Crippen LogP contribution in [0.5, 0.6) is 5.75 Å². The van der Waals surface area contributed by atoms with Gasteiger partial charge in [0, 0.05) is 29.7 Å². The van der Waals surface area contributed by atoms with E-state index in [4.69, 9.17) is 22.1 Å². The van der Waals surface area contributed by atoms with Crippen LogP contribution in [0.15, 0.2) is 42.5 Å². The molecule has 0 spiro atoms. The largest absolute Gasteiger partial charge is 0.482 e. The minimum absolute atomic E-state index is 0.0847. The maximum Gasteiger partial charge on any atom is 0.316 e. The van der Waals surface area contributed by atoms with Crippen molar-refractivity contribution in [3.05, 3.63) is 58.9 Å². The molecule has 2 unspecified atom stereocenters. The molecule has 2 heterocycles. The van der Waals surface area contributed by atoms with Crippen molar-refractivity contribution >= 4 is 29.2 Å². The van der Waals surface area contributed by atoms with Gasteiger partial charge in [-0.1, -0.05) is 23.7 Å². The third-order valence-electron chi connectivity index (χ3n) is 6.09. The standard InChI is InChI=1S/C23H26ClFN4O3/c24-15-3-8-21(20(9-15)28-23(26)31)32-13-22(30)27-17-10-18-6-7-19(11-17)29(18)12-14-1-4-16(25)5-2-14/h1-5,8-9,17-19H,6-7,10-13H2,(H,27,30)(H3,26,28,31). The van der Waals surface area contributed by atoms with Crippen molar-refractivity contribution in [1.82, 2.24) is 10.2 Å². The zero-order valence-corrected chi connectivity index (χ0v) is 18.3. The number of nitrogens with one attached hydrogen (secondary N) is 2. The molecule has 3 amide bonds. The van der Waals surface area contributed by atoms with E-state index in [0.717, 1.165) is 37.8 Å². The van der Waals surface area contributed by atoms with E-state index in [-0.39, 0.29) is 24.4 Å². The van der Waals surface area contributed by atoms with Crippen LogP contribution < -0.4 is 21.1 Å². The van der Waals surface area contributed by atoms with Gasteiger partial charge in [-0.3, -0.25) is 9.69 Å². The zero-order valence-electron chi connectivity index (χ0n) is 17.5. The predicted octanol–water partition coefficient (Wildman–Crippen LogP) is 3.66. The highest BCUT2D eigenvalue weighted by molar-refractivity contribution is 6.31. The van der Waals surface area contributed by atoms with Crippen LogP contribution in [-0.2, 0) is 11.3 Å². The fraction of sp³-hybridized carbons (Fsp3) is 0.391. The third kappa shape index (κ3) is 5.49. The van der Waals surface area contributed by atoms with Gasteiger partial charge in [-0.05, 0) is 61.6 Å². The Balaban J connectivity index is 1.29. The number of primary amides is 1. The van der Waals surface area contributed by atoms with Crippen LogP contribution in [0, 0.1) is 5.82 Å². The lowest BCUT2D eigenvalue weighted by Gasteiger charge is -2.39. The lowest BCUT2D eigenvalue weighted by atomic mass is 9.96. The van der Waals surface area contributed by atoms with E-state index in [1.165, 1.54) is 18.2 Å². The molecule has 2 saturated heterocycles. The number of amides is 3. The molecule has 2 fully saturated rings. The summed E-state index contributed by atoms with van der Waals surface area (Å²) in [5, 5.41) is 5.92. The first-order chi connectivity index (χ1) is 15.4. The highest BCUT2D eigenvalue weighted by Gasteiger charge is 2.40. The van der Waals surface area contributed by atoms with Gasteiger partial charge in [0.2, 0.25) is 0 Å². The van der Waals surface area contributed by atoms with Gasteiger partial charge < -0.3 is 21.1 Å². The number of carbonyl (C=O) groups is 2. The number of piperidine rings is 1. The normalized spacial score (nSPS) is 22.4. The molecule has 2 atom stereocenters. The molecule has 0 aromatic heterocycles. The van der Waals surface area contributed by atoms with Crippen LogP contribution in [0.25, 0.3) is 0 Å². The molecule has 9 heteroatoms. The van der Waals surface area contributed by atoms with E-state index in [2.05, 4.69) is 15.5 Å². The molecule has 0 aliphatic carbocycles. The molecule has 2 bridgehead atoms. The fourth-order valence-corrected chi connectivity index (χ4v) is 4.89. The summed E-state index contributed by atoms with van der Waals surface area (Å²) in [6.45, 7) is 0.617. The van der Waals surface area contributed by atoms with Crippen LogP contribution in [0.3, 0.4) is 0 Å². The van der Waals surface area contributed by atoms with Gasteiger partial charge >= 0.3 is 6.03 Å². The van der Waals surface area contributed by atoms with Crippen molar-refractivity contribution in [2.75, 3.05) is 11.9 Å². The minimum atomic E-state index is -0.746. The highest BCUT2D eigenvalue weighted by Crippen LogP contribution is 2.37. The third-order valence-corrected chi connectivity index (χ3v) is 6.32. The summed E-state index contributed by atoms with van der Waals surface area (Å²) in [5.74, 6) is -0.129. The second-order valence-electron chi connectivity index (χ2n) is 8.34. The van der Waals surface area contributed by atoms with E-state index in [1.807, 2.05) is 12.1 Å². The molecule has 4 rings (SSSR count). The van der Waals surface area contributed by atoms with E-state index in [1.54, 1.807) is 12.1 Å². The van der Waals surface area contributed by atoms with Gasteiger partial charge in [-0.2, -0.15) is 0 Å². The zero-order chi connectivity index (χ0) is 22.7. The number of anilines is 1. The number of halogens is 2. The summed E-state index contributed by atoms with van der Waals surface area (Å²) < 4.78 is 18.8. The first-order valence-electron chi connectivity index (χ1n) is 10.7. The highest BCUT2D eigenvalue weighted by atomic mass is 35.5. The summed E-state index contributed by atoms with van der Waals surface area (Å²) in [6, 6.07) is 11.5. The Kier molecular flexibility index (Phi) is 6.81. The Bertz CT molecular complexity index is 974. The number of hydrogen-bond acceptors (Lipinski definition) is 4. The molecule has 2 aliphatic heterocycles. The van der Waals surface area contributed by atoms with Crippen LogP contribution in [0.4, 0.5) is 14.9 Å². The van der Waals surface area contributed by atoms with Crippen LogP contribution >= 0.6 is 11.6 Å². The number of benzene rings is 2. The maximum atomic E-state index is 13.2. The molecule has 32 heavy (non-hydrogen) atoms.